The summed E-state index contributed by atoms with van der Waals surface area (Å²) in [6.07, 6.45) is 1.36. The number of nitrogens with two attached hydrogens (primary N) is 1. The maximum absolute atomic E-state index is 13.2. The van der Waals surface area contributed by atoms with Crippen LogP contribution in [0.25, 0.3) is 0 Å². The van der Waals surface area contributed by atoms with E-state index in [9.17, 15) is 19.3 Å². The Hall–Kier alpha value is -1.98. The van der Waals surface area contributed by atoms with Crippen molar-refractivity contribution in [3.05, 3.63) is 39.7 Å². The van der Waals surface area contributed by atoms with Crippen LogP contribution in [0.2, 0.25) is 0 Å². The van der Waals surface area contributed by atoms with Crippen LogP contribution in [0.5, 0.6) is 0 Å². The maximum Gasteiger partial charge on any atom is 0.272 e. The van der Waals surface area contributed by atoms with Crippen LogP contribution in [0.4, 0.5) is 10.1 Å². The van der Waals surface area contributed by atoms with Crippen molar-refractivity contribution in [3.8, 4) is 0 Å². The van der Waals surface area contributed by atoms with E-state index in [1.807, 2.05) is 0 Å². The second-order valence-electron chi connectivity index (χ2n) is 4.19. The minimum Gasteiger partial charge on any atom is -0.369 e. The summed E-state index contributed by atoms with van der Waals surface area (Å²) < 4.78 is 13.2. The summed E-state index contributed by atoms with van der Waals surface area (Å²) >= 11 is 0. The second-order valence-corrected chi connectivity index (χ2v) is 4.19. The zero-order valence-electron chi connectivity index (χ0n) is 8.93. The molecule has 1 saturated carbocycles. The van der Waals surface area contributed by atoms with E-state index in [0.717, 1.165) is 6.07 Å². The Labute approximate surface area is 96.6 Å². The molecule has 1 amide bonds. The van der Waals surface area contributed by atoms with Crippen molar-refractivity contribution in [1.82, 2.24) is 0 Å². The van der Waals surface area contributed by atoms with Gasteiger partial charge in [-0.05, 0) is 30.4 Å². The van der Waals surface area contributed by atoms with Gasteiger partial charge in [0, 0.05) is 12.0 Å². The van der Waals surface area contributed by atoms with Crippen molar-refractivity contribution >= 4 is 11.6 Å². The van der Waals surface area contributed by atoms with E-state index in [1.54, 1.807) is 0 Å². The van der Waals surface area contributed by atoms with Gasteiger partial charge in [0.25, 0.3) is 5.69 Å². The van der Waals surface area contributed by atoms with E-state index in [-0.39, 0.29) is 17.5 Å². The van der Waals surface area contributed by atoms with Gasteiger partial charge < -0.3 is 5.73 Å². The Kier molecular flexibility index (Phi) is 2.79. The molecule has 0 spiro atoms. The monoisotopic (exact) mass is 238 g/mol. The number of hydrogen-bond acceptors (Lipinski definition) is 3. The van der Waals surface area contributed by atoms with Crippen LogP contribution in [-0.2, 0) is 4.79 Å². The molecule has 0 saturated heterocycles. The van der Waals surface area contributed by atoms with Crippen molar-refractivity contribution in [2.24, 2.45) is 11.7 Å². The Bertz CT molecular complexity index is 490. The number of nitrogens with zero attached hydrogens (tertiary/aromatic N) is 1. The van der Waals surface area contributed by atoms with Gasteiger partial charge in [0.1, 0.15) is 5.82 Å². The molecule has 2 unspecified atom stereocenters. The van der Waals surface area contributed by atoms with E-state index in [4.69, 9.17) is 5.73 Å². The van der Waals surface area contributed by atoms with Crippen LogP contribution >= 0.6 is 0 Å². The van der Waals surface area contributed by atoms with E-state index < -0.39 is 16.6 Å². The molecule has 0 bridgehead atoms. The number of nitro benzene ring substituents is 1. The number of amides is 1. The van der Waals surface area contributed by atoms with Gasteiger partial charge in [-0.15, -0.1) is 0 Å². The SMILES string of the molecule is NC(=O)C1CCC1c1cc(F)cc([N+](=O)[O-])c1. The number of nitro groups is 1. The van der Waals surface area contributed by atoms with Crippen LogP contribution in [0.15, 0.2) is 18.2 Å². The third-order valence-corrected chi connectivity index (χ3v) is 3.18. The second kappa shape index (κ2) is 4.12. The molecule has 2 N–H and O–H groups in total. The third kappa shape index (κ3) is 2.11. The predicted molar refractivity (Wildman–Crippen MR) is 57.7 cm³/mol. The van der Waals surface area contributed by atoms with Crippen molar-refractivity contribution in [1.29, 1.82) is 0 Å². The van der Waals surface area contributed by atoms with Crippen LogP contribution in [-0.4, -0.2) is 10.8 Å². The van der Waals surface area contributed by atoms with Gasteiger partial charge in [0.2, 0.25) is 5.91 Å². The molecule has 1 aliphatic carbocycles. The number of halogens is 1. The predicted octanol–water partition coefficient (Wildman–Crippen LogP) is 1.71. The molecule has 1 fully saturated rings. The Balaban J connectivity index is 2.33. The zero-order valence-corrected chi connectivity index (χ0v) is 8.93. The highest BCUT2D eigenvalue weighted by Crippen LogP contribution is 2.43. The molecule has 17 heavy (non-hydrogen) atoms. The van der Waals surface area contributed by atoms with Crippen LogP contribution in [0, 0.1) is 21.8 Å². The Morgan fingerprint density at radius 1 is 1.41 bits per heavy atom. The molecule has 0 radical (unpaired) electrons. The number of carbonyl (C=O) groups is 1. The minimum absolute atomic E-state index is 0.193. The highest BCUT2D eigenvalue weighted by atomic mass is 19.1. The highest BCUT2D eigenvalue weighted by Gasteiger charge is 2.37. The molecule has 6 heteroatoms. The number of primary amides is 1. The first kappa shape index (κ1) is 11.5. The van der Waals surface area contributed by atoms with Crippen molar-refractivity contribution in [3.63, 3.8) is 0 Å². The standard InChI is InChI=1S/C11H11FN2O3/c12-7-3-6(4-8(5-7)14(16)17)9-1-2-10(9)11(13)15/h3-5,9-10H,1-2H2,(H2,13,15). The quantitative estimate of drug-likeness (QED) is 0.642. The number of rotatable bonds is 3. The third-order valence-electron chi connectivity index (χ3n) is 3.18. The number of benzene rings is 1. The molecular formula is C11H11FN2O3. The normalized spacial score (nSPS) is 22.9. The lowest BCUT2D eigenvalue weighted by atomic mass is 9.69. The molecule has 0 aliphatic heterocycles. The number of non-ortho nitro benzene ring substituents is 1. The molecular weight excluding hydrogens is 227 g/mol. The molecule has 90 valence electrons. The van der Waals surface area contributed by atoms with Gasteiger partial charge in [-0.2, -0.15) is 0 Å². The lowest BCUT2D eigenvalue weighted by Crippen LogP contribution is -2.35. The van der Waals surface area contributed by atoms with Gasteiger partial charge in [0.05, 0.1) is 11.0 Å². The lowest BCUT2D eigenvalue weighted by molar-refractivity contribution is -0.385. The van der Waals surface area contributed by atoms with Crippen LogP contribution in [0.1, 0.15) is 24.3 Å². The maximum atomic E-state index is 13.2. The van der Waals surface area contributed by atoms with E-state index in [1.165, 1.54) is 12.1 Å². The number of hydrogen-bond donors (Lipinski definition) is 1. The molecule has 2 rings (SSSR count). The largest absolute Gasteiger partial charge is 0.369 e. The first-order chi connectivity index (χ1) is 7.99. The van der Waals surface area contributed by atoms with Gasteiger partial charge in [0.15, 0.2) is 0 Å². The van der Waals surface area contributed by atoms with Gasteiger partial charge in [-0.3, -0.25) is 14.9 Å². The zero-order chi connectivity index (χ0) is 12.6. The van der Waals surface area contributed by atoms with Gasteiger partial charge >= 0.3 is 0 Å². The van der Waals surface area contributed by atoms with Crippen molar-refractivity contribution < 1.29 is 14.1 Å². The van der Waals surface area contributed by atoms with E-state index >= 15 is 0 Å². The van der Waals surface area contributed by atoms with Crippen LogP contribution in [0.3, 0.4) is 0 Å². The van der Waals surface area contributed by atoms with E-state index in [2.05, 4.69) is 0 Å². The molecule has 1 aromatic carbocycles. The highest BCUT2D eigenvalue weighted by molar-refractivity contribution is 5.79. The van der Waals surface area contributed by atoms with Crippen molar-refractivity contribution in [2.45, 2.75) is 18.8 Å². The number of carbonyl (C=O) groups excluding carboxylic acids is 1. The summed E-state index contributed by atoms with van der Waals surface area (Å²) in [4.78, 5) is 21.0. The summed E-state index contributed by atoms with van der Waals surface area (Å²) in [5.74, 6) is -1.63. The molecule has 2 atom stereocenters. The Morgan fingerprint density at radius 3 is 2.59 bits per heavy atom. The Morgan fingerprint density at radius 2 is 2.12 bits per heavy atom. The fraction of sp³-hybridized carbons (Fsp3) is 0.364. The first-order valence-electron chi connectivity index (χ1n) is 5.23. The van der Waals surface area contributed by atoms with Crippen molar-refractivity contribution in [2.75, 3.05) is 0 Å². The summed E-state index contributed by atoms with van der Waals surface area (Å²) in [5, 5.41) is 10.6. The molecule has 1 aliphatic rings. The van der Waals surface area contributed by atoms with Gasteiger partial charge in [-0.25, -0.2) is 4.39 Å². The fourth-order valence-electron chi connectivity index (χ4n) is 2.16. The average Bonchev–Trinajstić information content (AvgIpc) is 2.13. The summed E-state index contributed by atoms with van der Waals surface area (Å²) in [6, 6.07) is 3.40. The van der Waals surface area contributed by atoms with Crippen LogP contribution < -0.4 is 5.73 Å². The smallest absolute Gasteiger partial charge is 0.272 e. The lowest BCUT2D eigenvalue weighted by Gasteiger charge is -2.34. The molecule has 0 aromatic heterocycles. The molecule has 1 aromatic rings. The fourth-order valence-corrected chi connectivity index (χ4v) is 2.16. The minimum atomic E-state index is -0.663. The average molecular weight is 238 g/mol. The molecule has 5 nitrogen and oxygen atoms in total. The van der Waals surface area contributed by atoms with Gasteiger partial charge in [-0.1, -0.05) is 0 Å². The first-order valence-corrected chi connectivity index (χ1v) is 5.23. The summed E-state index contributed by atoms with van der Waals surface area (Å²) in [5.41, 5.74) is 5.38. The topological polar surface area (TPSA) is 86.2 Å². The van der Waals surface area contributed by atoms with E-state index in [0.29, 0.717) is 18.4 Å². The summed E-state index contributed by atoms with van der Waals surface area (Å²) in [6.45, 7) is 0. The summed E-state index contributed by atoms with van der Waals surface area (Å²) in [7, 11) is 0. The molecule has 0 heterocycles.